The van der Waals surface area contributed by atoms with Crippen LogP contribution < -0.4 is 16.2 Å². The number of nitrogens with one attached hydrogen (secondary N) is 2. The predicted octanol–water partition coefficient (Wildman–Crippen LogP) is 0.422. The number of hydrogen-bond donors (Lipinski definition) is 3. The van der Waals surface area contributed by atoms with Crippen molar-refractivity contribution in [1.29, 1.82) is 0 Å². The van der Waals surface area contributed by atoms with E-state index < -0.39 is 5.60 Å². The van der Waals surface area contributed by atoms with Crippen LogP contribution in [-0.2, 0) is 7.05 Å². The van der Waals surface area contributed by atoms with Crippen LogP contribution in [0, 0.1) is 0 Å². The molecule has 3 N–H and O–H groups in total. The van der Waals surface area contributed by atoms with E-state index in [-0.39, 0.29) is 18.1 Å². The molecule has 0 radical (unpaired) electrons. The third kappa shape index (κ3) is 2.89. The first kappa shape index (κ1) is 12.6. The molecule has 2 rings (SSSR count). The number of aromatic nitrogens is 1. The highest BCUT2D eigenvalue weighted by Crippen LogP contribution is 2.30. The van der Waals surface area contributed by atoms with Crippen LogP contribution in [0.4, 0.5) is 10.5 Å². The van der Waals surface area contributed by atoms with Crippen molar-refractivity contribution in [2.75, 3.05) is 11.9 Å². The maximum absolute atomic E-state index is 11.6. The molecule has 6 heteroatoms. The highest BCUT2D eigenvalue weighted by atomic mass is 16.3. The molecule has 1 aliphatic carbocycles. The van der Waals surface area contributed by atoms with Crippen LogP contribution in [0.1, 0.15) is 19.3 Å². The molecule has 0 spiro atoms. The number of aliphatic hydroxyl groups is 1. The first-order valence-electron chi connectivity index (χ1n) is 5.92. The second kappa shape index (κ2) is 4.81. The van der Waals surface area contributed by atoms with Crippen molar-refractivity contribution in [3.8, 4) is 0 Å². The highest BCUT2D eigenvalue weighted by molar-refractivity contribution is 5.89. The zero-order valence-electron chi connectivity index (χ0n) is 10.3. The Bertz CT molecular complexity index is 506. The summed E-state index contributed by atoms with van der Waals surface area (Å²) in [6.45, 7) is 0.255. The van der Waals surface area contributed by atoms with Crippen molar-refractivity contribution < 1.29 is 9.90 Å². The Morgan fingerprint density at radius 1 is 1.50 bits per heavy atom. The number of aryl methyl sites for hydroxylation is 1. The monoisotopic (exact) mass is 251 g/mol. The van der Waals surface area contributed by atoms with Gasteiger partial charge in [-0.25, -0.2) is 4.79 Å². The molecule has 6 nitrogen and oxygen atoms in total. The smallest absolute Gasteiger partial charge is 0.319 e. The van der Waals surface area contributed by atoms with E-state index in [1.807, 2.05) is 0 Å². The van der Waals surface area contributed by atoms with Gasteiger partial charge in [0.1, 0.15) is 0 Å². The summed E-state index contributed by atoms with van der Waals surface area (Å²) in [5, 5.41) is 15.0. The van der Waals surface area contributed by atoms with Gasteiger partial charge in [0.05, 0.1) is 11.3 Å². The third-order valence-corrected chi connectivity index (χ3v) is 3.21. The average Bonchev–Trinajstić information content (AvgIpc) is 2.29. The first-order valence-corrected chi connectivity index (χ1v) is 5.92. The van der Waals surface area contributed by atoms with E-state index in [0.29, 0.717) is 5.69 Å². The quantitative estimate of drug-likeness (QED) is 0.728. The van der Waals surface area contributed by atoms with Crippen molar-refractivity contribution in [1.82, 2.24) is 9.88 Å². The summed E-state index contributed by atoms with van der Waals surface area (Å²) in [7, 11) is 1.61. The molecular formula is C12H17N3O3. The van der Waals surface area contributed by atoms with Gasteiger partial charge in [0, 0.05) is 25.9 Å². The Morgan fingerprint density at radius 2 is 2.22 bits per heavy atom. The minimum atomic E-state index is -0.735. The molecule has 0 aliphatic heterocycles. The lowest BCUT2D eigenvalue weighted by Gasteiger charge is -2.36. The summed E-state index contributed by atoms with van der Waals surface area (Å²) in [6, 6.07) is 2.55. The van der Waals surface area contributed by atoms with Gasteiger partial charge in [0.25, 0.3) is 0 Å². The Kier molecular flexibility index (Phi) is 3.38. The summed E-state index contributed by atoms with van der Waals surface area (Å²) in [4.78, 5) is 22.7. The molecular weight excluding hydrogens is 234 g/mol. The molecule has 1 aromatic heterocycles. The van der Waals surface area contributed by atoms with E-state index in [4.69, 9.17) is 0 Å². The molecule has 1 aliphatic rings. The summed E-state index contributed by atoms with van der Waals surface area (Å²) in [5.74, 6) is 0. The van der Waals surface area contributed by atoms with Gasteiger partial charge in [0.2, 0.25) is 5.56 Å². The van der Waals surface area contributed by atoms with Crippen LogP contribution in [0.25, 0.3) is 0 Å². The van der Waals surface area contributed by atoms with Crippen molar-refractivity contribution in [3.05, 3.63) is 28.7 Å². The molecule has 1 fully saturated rings. The number of nitrogens with zero attached hydrogens (tertiary/aromatic N) is 1. The lowest BCUT2D eigenvalue weighted by molar-refractivity contribution is -0.0287. The Hall–Kier alpha value is -1.82. The first-order chi connectivity index (χ1) is 8.48. The minimum absolute atomic E-state index is 0.135. The van der Waals surface area contributed by atoms with Gasteiger partial charge in [-0.15, -0.1) is 0 Å². The molecule has 1 aromatic rings. The third-order valence-electron chi connectivity index (χ3n) is 3.21. The Labute approximate surface area is 105 Å². The molecule has 0 saturated heterocycles. The normalized spacial score (nSPS) is 16.8. The molecule has 1 saturated carbocycles. The van der Waals surface area contributed by atoms with Crippen molar-refractivity contribution in [3.63, 3.8) is 0 Å². The lowest BCUT2D eigenvalue weighted by atomic mass is 9.80. The summed E-state index contributed by atoms with van der Waals surface area (Å²) in [5.41, 5.74) is -0.333. The van der Waals surface area contributed by atoms with Gasteiger partial charge < -0.3 is 20.3 Å². The zero-order valence-corrected chi connectivity index (χ0v) is 10.3. The highest BCUT2D eigenvalue weighted by Gasteiger charge is 2.34. The number of carbonyl (C=O) groups excluding carboxylic acids is 1. The van der Waals surface area contributed by atoms with Crippen LogP contribution in [0.2, 0.25) is 0 Å². The zero-order chi connectivity index (χ0) is 13.2. The predicted molar refractivity (Wildman–Crippen MR) is 67.5 cm³/mol. The standard InChI is InChI=1S/C12H17N3O3/c1-15-7-9(3-4-10(15)16)14-11(17)13-8-12(18)5-2-6-12/h3-4,7,18H,2,5-6,8H2,1H3,(H2,13,14,17). The van der Waals surface area contributed by atoms with Gasteiger partial charge in [-0.1, -0.05) is 0 Å². The average molecular weight is 251 g/mol. The van der Waals surface area contributed by atoms with Crippen molar-refractivity contribution in [2.24, 2.45) is 7.05 Å². The van der Waals surface area contributed by atoms with Gasteiger partial charge in [-0.3, -0.25) is 4.79 Å². The van der Waals surface area contributed by atoms with E-state index in [0.717, 1.165) is 19.3 Å². The van der Waals surface area contributed by atoms with E-state index in [1.54, 1.807) is 19.3 Å². The Morgan fingerprint density at radius 3 is 2.78 bits per heavy atom. The lowest BCUT2D eigenvalue weighted by Crippen LogP contribution is -2.48. The van der Waals surface area contributed by atoms with Crippen molar-refractivity contribution >= 4 is 11.7 Å². The fourth-order valence-electron chi connectivity index (χ4n) is 1.85. The van der Waals surface area contributed by atoms with Crippen LogP contribution >= 0.6 is 0 Å². The number of hydrogen-bond acceptors (Lipinski definition) is 3. The molecule has 0 aromatic carbocycles. The topological polar surface area (TPSA) is 83.4 Å². The minimum Gasteiger partial charge on any atom is -0.388 e. The number of urea groups is 1. The van der Waals surface area contributed by atoms with Gasteiger partial charge >= 0.3 is 6.03 Å². The number of rotatable bonds is 3. The number of pyridine rings is 1. The maximum atomic E-state index is 11.6. The Balaban J connectivity index is 1.86. The molecule has 98 valence electrons. The number of amides is 2. The van der Waals surface area contributed by atoms with Gasteiger partial charge in [-0.05, 0) is 25.3 Å². The maximum Gasteiger partial charge on any atom is 0.319 e. The number of carbonyl (C=O) groups is 1. The van der Waals surface area contributed by atoms with Gasteiger partial charge in [-0.2, -0.15) is 0 Å². The summed E-state index contributed by atoms with van der Waals surface area (Å²) in [6.07, 6.45) is 4.00. The molecule has 18 heavy (non-hydrogen) atoms. The SMILES string of the molecule is Cn1cc(NC(=O)NCC2(O)CCC2)ccc1=O. The van der Waals surface area contributed by atoms with Crippen LogP contribution in [-0.4, -0.2) is 27.9 Å². The molecule has 2 amide bonds. The van der Waals surface area contributed by atoms with E-state index in [9.17, 15) is 14.7 Å². The molecule has 1 heterocycles. The molecule has 0 bridgehead atoms. The molecule has 0 unspecified atom stereocenters. The van der Waals surface area contributed by atoms with Crippen LogP contribution in [0.15, 0.2) is 23.1 Å². The van der Waals surface area contributed by atoms with E-state index in [2.05, 4.69) is 10.6 Å². The van der Waals surface area contributed by atoms with Crippen LogP contribution in [0.3, 0.4) is 0 Å². The van der Waals surface area contributed by atoms with Gasteiger partial charge in [0.15, 0.2) is 0 Å². The largest absolute Gasteiger partial charge is 0.388 e. The van der Waals surface area contributed by atoms with Crippen LogP contribution in [0.5, 0.6) is 0 Å². The second-order valence-corrected chi connectivity index (χ2v) is 4.75. The number of anilines is 1. The second-order valence-electron chi connectivity index (χ2n) is 4.75. The summed E-state index contributed by atoms with van der Waals surface area (Å²) < 4.78 is 1.38. The van der Waals surface area contributed by atoms with E-state index >= 15 is 0 Å². The summed E-state index contributed by atoms with van der Waals surface area (Å²) >= 11 is 0. The van der Waals surface area contributed by atoms with Crippen molar-refractivity contribution in [2.45, 2.75) is 24.9 Å². The van der Waals surface area contributed by atoms with E-state index in [1.165, 1.54) is 10.6 Å². The fourth-order valence-corrected chi connectivity index (χ4v) is 1.85. The fraction of sp³-hybridized carbons (Fsp3) is 0.500. The molecule has 0 atom stereocenters.